The van der Waals surface area contributed by atoms with E-state index < -0.39 is 11.6 Å². The molecule has 0 amide bonds. The van der Waals surface area contributed by atoms with Gasteiger partial charge in [-0.15, -0.1) is 0 Å². The third-order valence-corrected chi connectivity index (χ3v) is 2.54. The Labute approximate surface area is 108 Å². The summed E-state index contributed by atoms with van der Waals surface area (Å²) < 4.78 is 26.0. The summed E-state index contributed by atoms with van der Waals surface area (Å²) in [6.45, 7) is 3.12. The first kappa shape index (κ1) is 13.4. The Bertz CT molecular complexity index is 640. The molecule has 0 aliphatic rings. The molecule has 1 aromatic heterocycles. The zero-order valence-corrected chi connectivity index (χ0v) is 10.3. The first-order chi connectivity index (χ1) is 9.10. The summed E-state index contributed by atoms with van der Waals surface area (Å²) in [6.07, 6.45) is 0. The smallest absolute Gasteiger partial charge is 0.251 e. The molecule has 0 saturated heterocycles. The summed E-state index contributed by atoms with van der Waals surface area (Å²) in [5.74, 6) is -1.69. The predicted molar refractivity (Wildman–Crippen MR) is 67.6 cm³/mol. The Balaban J connectivity index is 2.40. The molecule has 0 aliphatic heterocycles. The monoisotopic (exact) mass is 265 g/mol. The number of nitrogens with one attached hydrogen (secondary N) is 2. The van der Waals surface area contributed by atoms with Crippen LogP contribution in [0.3, 0.4) is 0 Å². The molecule has 2 N–H and O–H groups in total. The van der Waals surface area contributed by atoms with Gasteiger partial charge in [0.1, 0.15) is 5.82 Å². The number of hydrogen-bond donors (Lipinski definition) is 2. The van der Waals surface area contributed by atoms with Gasteiger partial charge in [-0.25, -0.2) is 13.8 Å². The average molecular weight is 265 g/mol. The number of hydrogen-bond acceptors (Lipinski definition) is 3. The minimum absolute atomic E-state index is 0.222. The highest BCUT2D eigenvalue weighted by molar-refractivity contribution is 5.54. The summed E-state index contributed by atoms with van der Waals surface area (Å²) >= 11 is 0. The van der Waals surface area contributed by atoms with Crippen molar-refractivity contribution in [1.82, 2.24) is 15.3 Å². The quantitative estimate of drug-likeness (QED) is 0.886. The molecule has 19 heavy (non-hydrogen) atoms. The Morgan fingerprint density at radius 1 is 1.26 bits per heavy atom. The van der Waals surface area contributed by atoms with E-state index in [-0.39, 0.29) is 11.4 Å². The predicted octanol–water partition coefficient (Wildman–Crippen LogP) is 1.82. The van der Waals surface area contributed by atoms with Crippen LogP contribution in [0.5, 0.6) is 0 Å². The number of H-pyrrole nitrogens is 1. The maximum Gasteiger partial charge on any atom is 0.251 e. The molecule has 1 heterocycles. The second-order valence-corrected chi connectivity index (χ2v) is 3.99. The molecule has 100 valence electrons. The molecule has 2 rings (SSSR count). The number of benzene rings is 1. The van der Waals surface area contributed by atoms with Crippen LogP contribution in [0.1, 0.15) is 12.6 Å². The van der Waals surface area contributed by atoms with Gasteiger partial charge in [-0.05, 0) is 24.7 Å². The molecule has 0 bridgehead atoms. The van der Waals surface area contributed by atoms with Crippen LogP contribution in [0.2, 0.25) is 0 Å². The van der Waals surface area contributed by atoms with E-state index in [1.807, 2.05) is 6.92 Å². The fourth-order valence-electron chi connectivity index (χ4n) is 1.63. The van der Waals surface area contributed by atoms with Gasteiger partial charge in [-0.1, -0.05) is 6.92 Å². The normalized spacial score (nSPS) is 10.7. The number of halogens is 2. The van der Waals surface area contributed by atoms with Gasteiger partial charge >= 0.3 is 0 Å². The Morgan fingerprint density at radius 2 is 2.05 bits per heavy atom. The molecule has 2 aromatic rings. The van der Waals surface area contributed by atoms with Crippen molar-refractivity contribution >= 4 is 0 Å². The molecule has 0 atom stereocenters. The van der Waals surface area contributed by atoms with E-state index in [9.17, 15) is 13.6 Å². The van der Waals surface area contributed by atoms with E-state index in [4.69, 9.17) is 0 Å². The van der Waals surface area contributed by atoms with Crippen LogP contribution < -0.4 is 10.9 Å². The summed E-state index contributed by atoms with van der Waals surface area (Å²) in [5.41, 5.74) is 0.544. The zero-order valence-electron chi connectivity index (χ0n) is 10.3. The molecule has 4 nitrogen and oxygen atoms in total. The van der Waals surface area contributed by atoms with Crippen molar-refractivity contribution < 1.29 is 8.78 Å². The van der Waals surface area contributed by atoms with E-state index in [1.165, 1.54) is 12.1 Å². The van der Waals surface area contributed by atoms with Crippen molar-refractivity contribution in [3.8, 4) is 11.4 Å². The zero-order chi connectivity index (χ0) is 13.8. The first-order valence-corrected chi connectivity index (χ1v) is 5.86. The molecule has 1 aromatic carbocycles. The number of nitrogens with zero attached hydrogens (tertiary/aromatic N) is 1. The number of aromatic nitrogens is 2. The minimum Gasteiger partial charge on any atom is -0.311 e. The Kier molecular flexibility index (Phi) is 4.01. The van der Waals surface area contributed by atoms with Crippen LogP contribution >= 0.6 is 0 Å². The lowest BCUT2D eigenvalue weighted by atomic mass is 10.2. The molecule has 0 spiro atoms. The van der Waals surface area contributed by atoms with Crippen molar-refractivity contribution in [2.45, 2.75) is 13.5 Å². The van der Waals surface area contributed by atoms with Crippen molar-refractivity contribution in [3.05, 3.63) is 51.9 Å². The molecule has 0 radical (unpaired) electrons. The lowest BCUT2D eigenvalue weighted by Crippen LogP contribution is -2.17. The molecule has 0 aliphatic carbocycles. The van der Waals surface area contributed by atoms with E-state index in [2.05, 4.69) is 15.3 Å². The number of aromatic amines is 1. The highest BCUT2D eigenvalue weighted by atomic mass is 19.2. The second kappa shape index (κ2) is 5.71. The van der Waals surface area contributed by atoms with Gasteiger partial charge in [0.05, 0.1) is 5.69 Å². The van der Waals surface area contributed by atoms with E-state index >= 15 is 0 Å². The van der Waals surface area contributed by atoms with Crippen LogP contribution in [0, 0.1) is 11.6 Å². The minimum atomic E-state index is -0.975. The second-order valence-electron chi connectivity index (χ2n) is 3.99. The maximum absolute atomic E-state index is 13.2. The van der Waals surface area contributed by atoms with Crippen molar-refractivity contribution in [3.63, 3.8) is 0 Å². The van der Waals surface area contributed by atoms with Gasteiger partial charge in [-0.3, -0.25) is 4.79 Å². The fourth-order valence-corrected chi connectivity index (χ4v) is 1.63. The fraction of sp³-hybridized carbons (Fsp3) is 0.231. The summed E-state index contributed by atoms with van der Waals surface area (Å²) in [5, 5.41) is 3.04. The lowest BCUT2D eigenvalue weighted by molar-refractivity contribution is 0.509. The SMILES string of the molecule is CCNCc1cc(=O)[nH]c(-c2ccc(F)c(F)c2)n1. The summed E-state index contributed by atoms with van der Waals surface area (Å²) in [4.78, 5) is 18.2. The first-order valence-electron chi connectivity index (χ1n) is 5.86. The maximum atomic E-state index is 13.2. The van der Waals surface area contributed by atoms with Crippen LogP contribution in [-0.4, -0.2) is 16.5 Å². The highest BCUT2D eigenvalue weighted by Gasteiger charge is 2.08. The van der Waals surface area contributed by atoms with Gasteiger partial charge < -0.3 is 10.3 Å². The van der Waals surface area contributed by atoms with Gasteiger partial charge in [0, 0.05) is 18.2 Å². The van der Waals surface area contributed by atoms with Crippen LogP contribution in [0.15, 0.2) is 29.1 Å². The third-order valence-electron chi connectivity index (χ3n) is 2.54. The topological polar surface area (TPSA) is 57.8 Å². The molecule has 6 heteroatoms. The van der Waals surface area contributed by atoms with Crippen LogP contribution in [-0.2, 0) is 6.54 Å². The third kappa shape index (κ3) is 3.23. The molecule has 0 saturated carbocycles. The van der Waals surface area contributed by atoms with Crippen molar-refractivity contribution in [2.75, 3.05) is 6.54 Å². The molecular formula is C13H13F2N3O. The summed E-state index contributed by atoms with van der Waals surface area (Å²) in [7, 11) is 0. The number of rotatable bonds is 4. The van der Waals surface area contributed by atoms with Crippen LogP contribution in [0.4, 0.5) is 8.78 Å². The van der Waals surface area contributed by atoms with E-state index in [0.717, 1.165) is 18.7 Å². The standard InChI is InChI=1S/C13H13F2N3O/c1-2-16-7-9-6-12(19)18-13(17-9)8-3-4-10(14)11(15)5-8/h3-6,16H,2,7H2,1H3,(H,17,18,19). The van der Waals surface area contributed by atoms with Crippen molar-refractivity contribution in [2.24, 2.45) is 0 Å². The van der Waals surface area contributed by atoms with E-state index in [0.29, 0.717) is 17.8 Å². The van der Waals surface area contributed by atoms with Gasteiger partial charge in [0.15, 0.2) is 11.6 Å². The molecule has 0 fully saturated rings. The van der Waals surface area contributed by atoms with Gasteiger partial charge in [-0.2, -0.15) is 0 Å². The molecule has 0 unspecified atom stereocenters. The lowest BCUT2D eigenvalue weighted by Gasteiger charge is -2.05. The van der Waals surface area contributed by atoms with Crippen LogP contribution in [0.25, 0.3) is 11.4 Å². The van der Waals surface area contributed by atoms with Gasteiger partial charge in [0.25, 0.3) is 5.56 Å². The largest absolute Gasteiger partial charge is 0.311 e. The Hall–Kier alpha value is -2.08. The Morgan fingerprint density at radius 3 is 2.74 bits per heavy atom. The van der Waals surface area contributed by atoms with Crippen molar-refractivity contribution in [1.29, 1.82) is 0 Å². The highest BCUT2D eigenvalue weighted by Crippen LogP contribution is 2.17. The van der Waals surface area contributed by atoms with E-state index in [1.54, 1.807) is 0 Å². The molecular weight excluding hydrogens is 252 g/mol. The van der Waals surface area contributed by atoms with Gasteiger partial charge in [0.2, 0.25) is 0 Å². The average Bonchev–Trinajstić information content (AvgIpc) is 2.39. The summed E-state index contributed by atoms with van der Waals surface area (Å²) in [6, 6.07) is 4.74.